The highest BCUT2D eigenvalue weighted by Crippen LogP contribution is 2.41. The fourth-order valence-corrected chi connectivity index (χ4v) is 7.98. The van der Waals surface area contributed by atoms with Crippen LogP contribution in [0.4, 0.5) is 0 Å². The van der Waals surface area contributed by atoms with E-state index in [0.717, 1.165) is 60.9 Å². The maximum Gasteiger partial charge on any atom is 0.180 e. The minimum Gasteiger partial charge on any atom is -0.452 e. The average Bonchev–Trinajstić information content (AvgIpc) is 3.76. The highest BCUT2D eigenvalue weighted by molar-refractivity contribution is 6.22. The van der Waals surface area contributed by atoms with Gasteiger partial charge < -0.3 is 8.98 Å². The maximum atomic E-state index is 6.61. The third-order valence-corrected chi connectivity index (χ3v) is 10.4. The monoisotopic (exact) mass is 663 g/mol. The Balaban J connectivity index is 1.16. The van der Waals surface area contributed by atoms with Crippen LogP contribution < -0.4 is 0 Å². The molecule has 0 radical (unpaired) electrons. The lowest BCUT2D eigenvalue weighted by atomic mass is 9.99. The molecule has 52 heavy (non-hydrogen) atoms. The number of hydrogen-bond acceptors (Lipinski definition) is 3. The van der Waals surface area contributed by atoms with Crippen LogP contribution >= 0.6 is 0 Å². The summed E-state index contributed by atoms with van der Waals surface area (Å²) in [6.07, 6.45) is 0. The number of furan rings is 1. The van der Waals surface area contributed by atoms with Crippen molar-refractivity contribution < 1.29 is 4.42 Å². The maximum absolute atomic E-state index is 6.61. The van der Waals surface area contributed by atoms with Crippen LogP contribution in [0.2, 0.25) is 0 Å². The largest absolute Gasteiger partial charge is 0.452 e. The quantitative estimate of drug-likeness (QED) is 0.188. The standard InChI is InChI=1S/C48H29N3O/c1-3-14-32(15-4-1)45-47-46(50-48(49-45)38-21-11-16-30-12-7-9-19-36(30)38)40-29-34(24-27-43(40)52-47)33-23-25-41-39(28-33)44-37-20-10-8-13-31(37)22-26-42(44)51(41)35-17-5-2-6-18-35/h1-29H. The Kier molecular flexibility index (Phi) is 6.22. The van der Waals surface area contributed by atoms with Gasteiger partial charge in [0.05, 0.1) is 11.0 Å². The van der Waals surface area contributed by atoms with Crippen LogP contribution in [0, 0.1) is 0 Å². The first kappa shape index (κ1) is 28.8. The van der Waals surface area contributed by atoms with Crippen molar-refractivity contribution in [1.29, 1.82) is 0 Å². The molecule has 0 N–H and O–H groups in total. The molecular weight excluding hydrogens is 635 g/mol. The van der Waals surface area contributed by atoms with E-state index < -0.39 is 0 Å². The zero-order valence-corrected chi connectivity index (χ0v) is 28.0. The van der Waals surface area contributed by atoms with Gasteiger partial charge in [0, 0.05) is 33.0 Å². The number of rotatable bonds is 4. The third-order valence-electron chi connectivity index (χ3n) is 10.4. The van der Waals surface area contributed by atoms with Gasteiger partial charge in [0.2, 0.25) is 0 Å². The Labute approximate surface area is 298 Å². The SMILES string of the molecule is c1ccc(-c2nc(-c3cccc4ccccc34)nc3c2oc2ccc(-c4ccc5c(c4)c4c6ccccc6ccc4n5-c4ccccc4)cc23)cc1. The molecule has 11 rings (SSSR count). The van der Waals surface area contributed by atoms with Gasteiger partial charge in [0.1, 0.15) is 16.8 Å². The van der Waals surface area contributed by atoms with Crippen molar-refractivity contribution in [2.24, 2.45) is 0 Å². The first-order valence-corrected chi connectivity index (χ1v) is 17.6. The Morgan fingerprint density at radius 3 is 1.92 bits per heavy atom. The summed E-state index contributed by atoms with van der Waals surface area (Å²) < 4.78 is 8.99. The summed E-state index contributed by atoms with van der Waals surface area (Å²) in [6.45, 7) is 0. The predicted octanol–water partition coefficient (Wildman–Crippen LogP) is 12.8. The van der Waals surface area contributed by atoms with E-state index in [1.807, 2.05) is 18.2 Å². The van der Waals surface area contributed by atoms with Gasteiger partial charge in [0.25, 0.3) is 0 Å². The normalized spacial score (nSPS) is 11.8. The smallest absolute Gasteiger partial charge is 0.180 e. The lowest BCUT2D eigenvalue weighted by molar-refractivity contribution is 0.667. The van der Waals surface area contributed by atoms with E-state index in [4.69, 9.17) is 14.4 Å². The van der Waals surface area contributed by atoms with E-state index in [1.54, 1.807) is 0 Å². The molecule has 11 aromatic rings. The summed E-state index contributed by atoms with van der Waals surface area (Å²) in [4.78, 5) is 10.4. The molecule has 0 unspecified atom stereocenters. The minimum absolute atomic E-state index is 0.679. The van der Waals surface area contributed by atoms with Crippen LogP contribution in [-0.4, -0.2) is 14.5 Å². The number of benzene rings is 8. The van der Waals surface area contributed by atoms with Crippen molar-refractivity contribution in [2.75, 3.05) is 0 Å². The molecule has 8 aromatic carbocycles. The third kappa shape index (κ3) is 4.34. The Bertz CT molecular complexity index is 3170. The van der Waals surface area contributed by atoms with Gasteiger partial charge in [-0.1, -0.05) is 133 Å². The molecule has 0 bridgehead atoms. The van der Waals surface area contributed by atoms with Crippen LogP contribution in [0.25, 0.3) is 105 Å². The number of nitrogens with zero attached hydrogens (tertiary/aromatic N) is 3. The lowest BCUT2D eigenvalue weighted by Gasteiger charge is -2.09. The highest BCUT2D eigenvalue weighted by Gasteiger charge is 2.21. The number of fused-ring (bicyclic) bond motifs is 9. The molecule has 0 amide bonds. The summed E-state index contributed by atoms with van der Waals surface area (Å²) >= 11 is 0. The number of hydrogen-bond donors (Lipinski definition) is 0. The first-order chi connectivity index (χ1) is 25.8. The topological polar surface area (TPSA) is 43.9 Å². The van der Waals surface area contributed by atoms with Gasteiger partial charge in [0.15, 0.2) is 11.4 Å². The van der Waals surface area contributed by atoms with Crippen molar-refractivity contribution in [3.05, 3.63) is 176 Å². The zero-order chi connectivity index (χ0) is 34.2. The van der Waals surface area contributed by atoms with Gasteiger partial charge in [-0.05, 0) is 75.1 Å². The molecule has 0 spiro atoms. The second-order valence-corrected chi connectivity index (χ2v) is 13.4. The molecule has 0 fully saturated rings. The molecule has 0 saturated carbocycles. The summed E-state index contributed by atoms with van der Waals surface area (Å²) in [5, 5.41) is 8.19. The highest BCUT2D eigenvalue weighted by atomic mass is 16.3. The van der Waals surface area contributed by atoms with E-state index in [2.05, 4.69) is 162 Å². The van der Waals surface area contributed by atoms with Crippen molar-refractivity contribution in [3.63, 3.8) is 0 Å². The number of para-hydroxylation sites is 1. The van der Waals surface area contributed by atoms with Gasteiger partial charge in [-0.3, -0.25) is 0 Å². The summed E-state index contributed by atoms with van der Waals surface area (Å²) in [5.74, 6) is 0.679. The van der Waals surface area contributed by atoms with Gasteiger partial charge in [-0.25, -0.2) is 9.97 Å². The predicted molar refractivity (Wildman–Crippen MR) is 215 cm³/mol. The second kappa shape index (κ2) is 11.2. The fraction of sp³-hybridized carbons (Fsp3) is 0. The van der Waals surface area contributed by atoms with Gasteiger partial charge in [-0.15, -0.1) is 0 Å². The van der Waals surface area contributed by atoms with E-state index in [-0.39, 0.29) is 0 Å². The molecule has 4 nitrogen and oxygen atoms in total. The first-order valence-electron chi connectivity index (χ1n) is 17.6. The summed E-state index contributed by atoms with van der Waals surface area (Å²) in [7, 11) is 0. The lowest BCUT2D eigenvalue weighted by Crippen LogP contribution is -1.94. The van der Waals surface area contributed by atoms with E-state index in [9.17, 15) is 0 Å². The van der Waals surface area contributed by atoms with Crippen LogP contribution in [0.5, 0.6) is 0 Å². The summed E-state index contributed by atoms with van der Waals surface area (Å²) in [6, 6.07) is 62.1. The molecular formula is C48H29N3O. The average molecular weight is 664 g/mol. The van der Waals surface area contributed by atoms with E-state index in [1.165, 1.54) is 32.6 Å². The fourth-order valence-electron chi connectivity index (χ4n) is 7.98. The van der Waals surface area contributed by atoms with Gasteiger partial charge >= 0.3 is 0 Å². The van der Waals surface area contributed by atoms with Crippen molar-refractivity contribution in [1.82, 2.24) is 14.5 Å². The van der Waals surface area contributed by atoms with Crippen LogP contribution in [-0.2, 0) is 0 Å². The molecule has 242 valence electrons. The van der Waals surface area contributed by atoms with Crippen molar-refractivity contribution in [2.45, 2.75) is 0 Å². The Morgan fingerprint density at radius 2 is 1.10 bits per heavy atom. The minimum atomic E-state index is 0.679. The molecule has 3 heterocycles. The van der Waals surface area contributed by atoms with E-state index in [0.29, 0.717) is 11.4 Å². The van der Waals surface area contributed by atoms with Gasteiger partial charge in [-0.2, -0.15) is 0 Å². The molecule has 0 atom stereocenters. The zero-order valence-electron chi connectivity index (χ0n) is 28.0. The van der Waals surface area contributed by atoms with Crippen LogP contribution in [0.3, 0.4) is 0 Å². The Hall–Kier alpha value is -7.04. The van der Waals surface area contributed by atoms with Crippen LogP contribution in [0.15, 0.2) is 180 Å². The molecule has 0 saturated heterocycles. The number of aromatic nitrogens is 3. The second-order valence-electron chi connectivity index (χ2n) is 13.4. The summed E-state index contributed by atoms with van der Waals surface area (Å²) in [5.41, 5.74) is 10.8. The molecule has 0 aliphatic heterocycles. The molecule has 0 aliphatic rings. The Morgan fingerprint density at radius 1 is 0.442 bits per heavy atom. The van der Waals surface area contributed by atoms with Crippen LogP contribution in [0.1, 0.15) is 0 Å². The van der Waals surface area contributed by atoms with E-state index >= 15 is 0 Å². The van der Waals surface area contributed by atoms with Crippen molar-refractivity contribution >= 4 is 65.4 Å². The van der Waals surface area contributed by atoms with Crippen molar-refractivity contribution in [3.8, 4) is 39.5 Å². The molecule has 4 heteroatoms. The molecule has 3 aromatic heterocycles. The molecule has 0 aliphatic carbocycles.